The number of aliphatic hydroxyl groups is 1. The van der Waals surface area contributed by atoms with Crippen molar-refractivity contribution >= 4 is 11.9 Å². The molecule has 0 radical (unpaired) electrons. The second-order valence-electron chi connectivity index (χ2n) is 4.70. The molecule has 0 unspecified atom stereocenters. The first-order chi connectivity index (χ1) is 8.08. The summed E-state index contributed by atoms with van der Waals surface area (Å²) in [7, 11) is 0. The molecule has 0 aliphatic heterocycles. The molecule has 2 N–H and O–H groups in total. The van der Waals surface area contributed by atoms with Crippen molar-refractivity contribution in [2.24, 2.45) is 11.8 Å². The van der Waals surface area contributed by atoms with Gasteiger partial charge in [-0.15, -0.1) is 0 Å². The lowest BCUT2D eigenvalue weighted by Gasteiger charge is -2.18. The number of aliphatic carboxylic acids is 1. The summed E-state index contributed by atoms with van der Waals surface area (Å²) in [5, 5.41) is 18.1. The Bertz CT molecular complexity index is 349. The van der Waals surface area contributed by atoms with Crippen molar-refractivity contribution in [2.75, 3.05) is 0 Å². The summed E-state index contributed by atoms with van der Waals surface area (Å²) in [6.45, 7) is 0. The molecule has 4 atom stereocenters. The molecular formula is C12H16O5. The van der Waals surface area contributed by atoms with Crippen LogP contribution in [0.3, 0.4) is 0 Å². The number of ether oxygens (including phenoxy) is 1. The number of hydrogen-bond donors (Lipinski definition) is 2. The van der Waals surface area contributed by atoms with Crippen LogP contribution in [0.15, 0.2) is 12.2 Å². The van der Waals surface area contributed by atoms with Crippen LogP contribution in [0.2, 0.25) is 0 Å². The molecule has 17 heavy (non-hydrogen) atoms. The van der Waals surface area contributed by atoms with Crippen LogP contribution in [-0.2, 0) is 14.3 Å². The Labute approximate surface area is 99.1 Å². The predicted molar refractivity (Wildman–Crippen MR) is 58.1 cm³/mol. The smallest absolute Gasteiger partial charge is 0.331 e. The van der Waals surface area contributed by atoms with Gasteiger partial charge in [-0.1, -0.05) is 0 Å². The molecule has 0 heterocycles. The molecule has 0 aromatic rings. The first-order valence-corrected chi connectivity index (χ1v) is 5.87. The van der Waals surface area contributed by atoms with Gasteiger partial charge in [0, 0.05) is 18.1 Å². The molecule has 2 aliphatic rings. The third kappa shape index (κ3) is 2.66. The number of fused-ring (bicyclic) bond motifs is 1. The van der Waals surface area contributed by atoms with Crippen molar-refractivity contribution < 1.29 is 24.5 Å². The van der Waals surface area contributed by atoms with Crippen molar-refractivity contribution in [1.82, 2.24) is 0 Å². The highest BCUT2D eigenvalue weighted by molar-refractivity contribution is 5.90. The molecule has 0 aromatic heterocycles. The van der Waals surface area contributed by atoms with Gasteiger partial charge in [-0.05, 0) is 31.6 Å². The minimum absolute atomic E-state index is 0.164. The average molecular weight is 240 g/mol. The Morgan fingerprint density at radius 2 is 1.76 bits per heavy atom. The molecular weight excluding hydrogens is 224 g/mol. The van der Waals surface area contributed by atoms with Crippen LogP contribution in [0.4, 0.5) is 0 Å². The highest BCUT2D eigenvalue weighted by atomic mass is 16.5. The molecule has 5 nitrogen and oxygen atoms in total. The molecule has 0 bridgehead atoms. The highest BCUT2D eigenvalue weighted by Gasteiger charge is 2.45. The predicted octanol–water partition coefficient (Wildman–Crippen LogP) is 0.720. The minimum atomic E-state index is -1.16. The van der Waals surface area contributed by atoms with Crippen LogP contribution in [0, 0.1) is 11.8 Å². The topological polar surface area (TPSA) is 83.8 Å². The maximum Gasteiger partial charge on any atom is 0.331 e. The summed E-state index contributed by atoms with van der Waals surface area (Å²) >= 11 is 0. The largest absolute Gasteiger partial charge is 0.478 e. The van der Waals surface area contributed by atoms with E-state index < -0.39 is 11.9 Å². The highest BCUT2D eigenvalue weighted by Crippen LogP contribution is 2.45. The third-order valence-corrected chi connectivity index (χ3v) is 3.73. The van der Waals surface area contributed by atoms with Gasteiger partial charge >= 0.3 is 11.9 Å². The van der Waals surface area contributed by atoms with E-state index in [1.54, 1.807) is 0 Å². The number of carboxylic acids is 1. The number of aliphatic hydroxyl groups excluding tert-OH is 1. The van der Waals surface area contributed by atoms with E-state index in [0.29, 0.717) is 0 Å². The van der Waals surface area contributed by atoms with Crippen molar-refractivity contribution in [3.05, 3.63) is 12.2 Å². The van der Waals surface area contributed by atoms with Crippen molar-refractivity contribution in [3.8, 4) is 0 Å². The van der Waals surface area contributed by atoms with Crippen molar-refractivity contribution in [1.29, 1.82) is 0 Å². The van der Waals surface area contributed by atoms with Gasteiger partial charge in [-0.25, -0.2) is 9.59 Å². The standard InChI is InChI=1S/C12H16O5/c13-9-3-1-8-7(9)2-4-10(8)17-12(16)6-5-11(14)15/h5-10,13H,1-4H2,(H,14,15)/t7-,8-,9+,10+/m0/s1. The summed E-state index contributed by atoms with van der Waals surface area (Å²) in [5.41, 5.74) is 0. The molecule has 2 saturated carbocycles. The van der Waals surface area contributed by atoms with Crippen LogP contribution < -0.4 is 0 Å². The van der Waals surface area contributed by atoms with E-state index in [1.807, 2.05) is 0 Å². The third-order valence-electron chi connectivity index (χ3n) is 3.73. The lowest BCUT2D eigenvalue weighted by molar-refractivity contribution is -0.145. The maximum atomic E-state index is 11.3. The number of rotatable bonds is 3. The van der Waals surface area contributed by atoms with E-state index >= 15 is 0 Å². The Morgan fingerprint density at radius 1 is 1.06 bits per heavy atom. The second-order valence-corrected chi connectivity index (χ2v) is 4.70. The fourth-order valence-electron chi connectivity index (χ4n) is 2.99. The quantitative estimate of drug-likeness (QED) is 0.561. The monoisotopic (exact) mass is 240 g/mol. The molecule has 0 amide bonds. The Balaban J connectivity index is 1.88. The fraction of sp³-hybridized carbons (Fsp3) is 0.667. The minimum Gasteiger partial charge on any atom is -0.478 e. The summed E-state index contributed by atoms with van der Waals surface area (Å²) < 4.78 is 5.22. The molecule has 5 heteroatoms. The summed E-state index contributed by atoms with van der Waals surface area (Å²) in [5.74, 6) is -1.29. The molecule has 0 aromatic carbocycles. The normalized spacial score (nSPS) is 36.1. The summed E-state index contributed by atoms with van der Waals surface area (Å²) in [4.78, 5) is 21.6. The van der Waals surface area contributed by atoms with Gasteiger partial charge in [-0.2, -0.15) is 0 Å². The molecule has 2 rings (SSSR count). The van der Waals surface area contributed by atoms with E-state index in [4.69, 9.17) is 9.84 Å². The van der Waals surface area contributed by atoms with Crippen LogP contribution in [0.25, 0.3) is 0 Å². The Kier molecular flexibility index (Phi) is 3.47. The number of hydrogen-bond acceptors (Lipinski definition) is 4. The molecule has 2 aliphatic carbocycles. The first kappa shape index (κ1) is 12.1. The fourth-order valence-corrected chi connectivity index (χ4v) is 2.99. The maximum absolute atomic E-state index is 11.3. The number of esters is 1. The van der Waals surface area contributed by atoms with Gasteiger partial charge in [-0.3, -0.25) is 0 Å². The Hall–Kier alpha value is -1.36. The van der Waals surface area contributed by atoms with Crippen LogP contribution in [-0.4, -0.2) is 34.4 Å². The van der Waals surface area contributed by atoms with Gasteiger partial charge in [0.25, 0.3) is 0 Å². The van der Waals surface area contributed by atoms with Gasteiger partial charge < -0.3 is 14.9 Å². The number of carbonyl (C=O) groups is 2. The van der Waals surface area contributed by atoms with E-state index in [1.165, 1.54) is 0 Å². The number of carbonyl (C=O) groups excluding carboxylic acids is 1. The molecule has 2 fully saturated rings. The van der Waals surface area contributed by atoms with E-state index in [0.717, 1.165) is 37.8 Å². The first-order valence-electron chi connectivity index (χ1n) is 5.87. The van der Waals surface area contributed by atoms with Gasteiger partial charge in [0.15, 0.2) is 0 Å². The number of carboxylic acid groups (broad SMARTS) is 1. The molecule has 0 saturated heterocycles. The average Bonchev–Trinajstić information content (AvgIpc) is 2.81. The van der Waals surface area contributed by atoms with Gasteiger partial charge in [0.2, 0.25) is 0 Å². The summed E-state index contributed by atoms with van der Waals surface area (Å²) in [6, 6.07) is 0. The Morgan fingerprint density at radius 3 is 2.47 bits per heavy atom. The van der Waals surface area contributed by atoms with E-state index in [9.17, 15) is 14.7 Å². The zero-order valence-corrected chi connectivity index (χ0v) is 9.41. The van der Waals surface area contributed by atoms with E-state index in [2.05, 4.69) is 0 Å². The lowest BCUT2D eigenvalue weighted by Crippen LogP contribution is -2.23. The molecule has 94 valence electrons. The van der Waals surface area contributed by atoms with Crippen LogP contribution >= 0.6 is 0 Å². The lowest BCUT2D eigenvalue weighted by atomic mass is 9.98. The SMILES string of the molecule is O=C(O)C=CC(=O)O[C@@H]1CC[C@H]2[C@@H]1CC[C@H]2O. The van der Waals surface area contributed by atoms with Crippen LogP contribution in [0.5, 0.6) is 0 Å². The van der Waals surface area contributed by atoms with Crippen molar-refractivity contribution in [3.63, 3.8) is 0 Å². The molecule has 0 spiro atoms. The zero-order valence-electron chi connectivity index (χ0n) is 9.41. The second kappa shape index (κ2) is 4.87. The van der Waals surface area contributed by atoms with Crippen molar-refractivity contribution in [2.45, 2.75) is 37.9 Å². The van der Waals surface area contributed by atoms with E-state index in [-0.39, 0.29) is 24.0 Å². The van der Waals surface area contributed by atoms with Gasteiger partial charge in [0.05, 0.1) is 6.10 Å². The summed E-state index contributed by atoms with van der Waals surface area (Å²) in [6.07, 6.45) is 4.58. The van der Waals surface area contributed by atoms with Gasteiger partial charge in [0.1, 0.15) is 6.10 Å². The van der Waals surface area contributed by atoms with Crippen LogP contribution in [0.1, 0.15) is 25.7 Å². The zero-order chi connectivity index (χ0) is 12.4.